The molecule has 0 bridgehead atoms. The third-order valence-corrected chi connectivity index (χ3v) is 3.29. The number of hydrogen-bond acceptors (Lipinski definition) is 3. The van der Waals surface area contributed by atoms with Gasteiger partial charge < -0.3 is 5.73 Å². The molecule has 0 fully saturated rings. The number of hydrogen-bond donors (Lipinski definition) is 1. The van der Waals surface area contributed by atoms with E-state index in [2.05, 4.69) is 21.0 Å². The predicted molar refractivity (Wildman–Crippen MR) is 70.3 cm³/mol. The standard InChI is InChI=1S/C12H14BrN3O/c1-8-11(6-14)12(17)16(15-8)7-9-3-2-4-10(13)5-9/h2-5,11H,6-7,14H2,1H3. The first-order chi connectivity index (χ1) is 8.11. The SMILES string of the molecule is CC1=NN(Cc2cccc(Br)c2)C(=O)C1CN. The van der Waals surface area contributed by atoms with Crippen LogP contribution in [0.15, 0.2) is 33.8 Å². The van der Waals surface area contributed by atoms with Crippen LogP contribution in [0.3, 0.4) is 0 Å². The van der Waals surface area contributed by atoms with E-state index in [1.807, 2.05) is 31.2 Å². The third-order valence-electron chi connectivity index (χ3n) is 2.79. The molecule has 0 radical (unpaired) electrons. The summed E-state index contributed by atoms with van der Waals surface area (Å²) in [5.41, 5.74) is 7.40. The van der Waals surface area contributed by atoms with Crippen LogP contribution in [-0.4, -0.2) is 23.2 Å². The Kier molecular flexibility index (Phi) is 3.59. The predicted octanol–water partition coefficient (Wildman–Crippen LogP) is 1.74. The van der Waals surface area contributed by atoms with Gasteiger partial charge in [-0.1, -0.05) is 28.1 Å². The molecule has 1 aliphatic heterocycles. The summed E-state index contributed by atoms with van der Waals surface area (Å²) in [6.45, 7) is 2.66. The number of amides is 1. The highest BCUT2D eigenvalue weighted by Gasteiger charge is 2.31. The highest BCUT2D eigenvalue weighted by molar-refractivity contribution is 9.10. The molecule has 0 aromatic heterocycles. The van der Waals surface area contributed by atoms with Crippen molar-refractivity contribution in [1.82, 2.24) is 5.01 Å². The number of benzene rings is 1. The van der Waals surface area contributed by atoms with Gasteiger partial charge in [0.15, 0.2) is 0 Å². The monoisotopic (exact) mass is 295 g/mol. The van der Waals surface area contributed by atoms with Crippen LogP contribution in [-0.2, 0) is 11.3 Å². The molecule has 1 aromatic carbocycles. The normalized spacial score (nSPS) is 19.7. The van der Waals surface area contributed by atoms with E-state index in [4.69, 9.17) is 5.73 Å². The van der Waals surface area contributed by atoms with Gasteiger partial charge in [-0.05, 0) is 24.6 Å². The maximum absolute atomic E-state index is 12.0. The summed E-state index contributed by atoms with van der Waals surface area (Å²) in [7, 11) is 0. The fraction of sp³-hybridized carbons (Fsp3) is 0.333. The second-order valence-electron chi connectivity index (χ2n) is 4.06. The Labute approximate surface area is 109 Å². The Morgan fingerprint density at radius 1 is 1.53 bits per heavy atom. The van der Waals surface area contributed by atoms with Crippen molar-refractivity contribution in [1.29, 1.82) is 0 Å². The summed E-state index contributed by atoms with van der Waals surface area (Å²) in [6, 6.07) is 7.84. The maximum atomic E-state index is 12.0. The summed E-state index contributed by atoms with van der Waals surface area (Å²) >= 11 is 3.40. The summed E-state index contributed by atoms with van der Waals surface area (Å²) in [4.78, 5) is 12.0. The van der Waals surface area contributed by atoms with Gasteiger partial charge in [-0.25, -0.2) is 5.01 Å². The van der Waals surface area contributed by atoms with Crippen molar-refractivity contribution >= 4 is 27.5 Å². The highest BCUT2D eigenvalue weighted by atomic mass is 79.9. The van der Waals surface area contributed by atoms with Crippen LogP contribution in [0.5, 0.6) is 0 Å². The Morgan fingerprint density at radius 3 is 2.88 bits per heavy atom. The van der Waals surface area contributed by atoms with E-state index in [9.17, 15) is 4.79 Å². The Hall–Kier alpha value is -1.20. The highest BCUT2D eigenvalue weighted by Crippen LogP contribution is 2.19. The first-order valence-electron chi connectivity index (χ1n) is 5.43. The molecule has 0 aliphatic carbocycles. The average Bonchev–Trinajstić information content (AvgIpc) is 2.54. The van der Waals surface area contributed by atoms with Crippen LogP contribution in [0.25, 0.3) is 0 Å². The van der Waals surface area contributed by atoms with E-state index >= 15 is 0 Å². The van der Waals surface area contributed by atoms with Crippen molar-refractivity contribution in [3.05, 3.63) is 34.3 Å². The first-order valence-corrected chi connectivity index (χ1v) is 6.22. The van der Waals surface area contributed by atoms with E-state index in [1.165, 1.54) is 5.01 Å². The van der Waals surface area contributed by atoms with Crippen LogP contribution in [0.4, 0.5) is 0 Å². The molecule has 1 heterocycles. The number of carbonyl (C=O) groups is 1. The van der Waals surface area contributed by atoms with Crippen molar-refractivity contribution in [3.8, 4) is 0 Å². The maximum Gasteiger partial charge on any atom is 0.253 e. The van der Waals surface area contributed by atoms with E-state index in [0.717, 1.165) is 15.7 Å². The molecule has 2 N–H and O–H groups in total. The molecule has 1 aliphatic rings. The minimum absolute atomic E-state index is 0.00928. The Morgan fingerprint density at radius 2 is 2.29 bits per heavy atom. The van der Waals surface area contributed by atoms with Crippen molar-refractivity contribution < 1.29 is 4.79 Å². The molecule has 17 heavy (non-hydrogen) atoms. The lowest BCUT2D eigenvalue weighted by molar-refractivity contribution is -0.132. The fourth-order valence-corrected chi connectivity index (χ4v) is 2.31. The van der Waals surface area contributed by atoms with E-state index in [-0.39, 0.29) is 11.8 Å². The molecule has 4 nitrogen and oxygen atoms in total. The molecule has 1 unspecified atom stereocenters. The largest absolute Gasteiger partial charge is 0.329 e. The van der Waals surface area contributed by atoms with Crippen LogP contribution < -0.4 is 5.73 Å². The molecule has 0 saturated heterocycles. The molecule has 1 amide bonds. The zero-order valence-corrected chi connectivity index (χ0v) is 11.1. The topological polar surface area (TPSA) is 58.7 Å². The molecule has 2 rings (SSSR count). The Bertz CT molecular complexity index is 473. The van der Waals surface area contributed by atoms with Gasteiger partial charge in [0.1, 0.15) is 0 Å². The number of hydrazone groups is 1. The third kappa shape index (κ3) is 2.56. The van der Waals surface area contributed by atoms with Gasteiger partial charge in [0.2, 0.25) is 0 Å². The van der Waals surface area contributed by atoms with Crippen LogP contribution in [0.2, 0.25) is 0 Å². The zero-order valence-electron chi connectivity index (χ0n) is 9.56. The van der Waals surface area contributed by atoms with Gasteiger partial charge in [-0.2, -0.15) is 5.10 Å². The minimum Gasteiger partial charge on any atom is -0.329 e. The fourth-order valence-electron chi connectivity index (χ4n) is 1.86. The van der Waals surface area contributed by atoms with Gasteiger partial charge in [-0.3, -0.25) is 4.79 Å². The molecule has 1 aromatic rings. The minimum atomic E-state index is -0.248. The summed E-state index contributed by atoms with van der Waals surface area (Å²) in [5.74, 6) is -0.257. The van der Waals surface area contributed by atoms with Gasteiger partial charge >= 0.3 is 0 Å². The number of rotatable bonds is 3. The van der Waals surface area contributed by atoms with E-state index in [0.29, 0.717) is 13.1 Å². The summed E-state index contributed by atoms with van der Waals surface area (Å²) in [5, 5.41) is 5.75. The second-order valence-corrected chi connectivity index (χ2v) is 4.97. The quantitative estimate of drug-likeness (QED) is 0.923. The number of carbonyl (C=O) groups excluding carboxylic acids is 1. The zero-order chi connectivity index (χ0) is 12.4. The molecular formula is C12H14BrN3O. The smallest absolute Gasteiger partial charge is 0.253 e. The first kappa shape index (κ1) is 12.3. The second kappa shape index (κ2) is 4.98. The van der Waals surface area contributed by atoms with Crippen molar-refractivity contribution in [3.63, 3.8) is 0 Å². The van der Waals surface area contributed by atoms with E-state index in [1.54, 1.807) is 0 Å². The van der Waals surface area contributed by atoms with Crippen LogP contribution in [0, 0.1) is 5.92 Å². The molecule has 0 spiro atoms. The molecule has 5 heteroatoms. The van der Waals surface area contributed by atoms with Gasteiger partial charge in [0, 0.05) is 16.7 Å². The lowest BCUT2D eigenvalue weighted by Gasteiger charge is -2.13. The number of halogens is 1. The summed E-state index contributed by atoms with van der Waals surface area (Å²) in [6.07, 6.45) is 0. The number of nitrogens with zero attached hydrogens (tertiary/aromatic N) is 2. The van der Waals surface area contributed by atoms with Gasteiger partial charge in [0.05, 0.1) is 12.5 Å². The van der Waals surface area contributed by atoms with Crippen LogP contribution >= 0.6 is 15.9 Å². The molecule has 90 valence electrons. The lowest BCUT2D eigenvalue weighted by Crippen LogP contribution is -2.31. The molecule has 0 saturated carbocycles. The van der Waals surface area contributed by atoms with E-state index < -0.39 is 0 Å². The Balaban J connectivity index is 2.13. The molecule has 1 atom stereocenters. The summed E-state index contributed by atoms with van der Waals surface area (Å²) < 4.78 is 0.998. The van der Waals surface area contributed by atoms with Crippen molar-refractivity contribution in [2.24, 2.45) is 16.8 Å². The van der Waals surface area contributed by atoms with Gasteiger partial charge in [-0.15, -0.1) is 0 Å². The molecular weight excluding hydrogens is 282 g/mol. The van der Waals surface area contributed by atoms with Crippen molar-refractivity contribution in [2.45, 2.75) is 13.5 Å². The van der Waals surface area contributed by atoms with Gasteiger partial charge in [0.25, 0.3) is 5.91 Å². The van der Waals surface area contributed by atoms with Crippen LogP contribution in [0.1, 0.15) is 12.5 Å². The average molecular weight is 296 g/mol. The lowest BCUT2D eigenvalue weighted by atomic mass is 10.1. The van der Waals surface area contributed by atoms with Crippen molar-refractivity contribution in [2.75, 3.05) is 6.54 Å². The number of nitrogens with two attached hydrogens (primary N) is 1.